The molecule has 0 aliphatic heterocycles. The lowest BCUT2D eigenvalue weighted by atomic mass is 10.0. The van der Waals surface area contributed by atoms with Gasteiger partial charge >= 0.3 is 6.09 Å². The first-order valence-electron chi connectivity index (χ1n) is 8.29. The second-order valence-corrected chi connectivity index (χ2v) is 6.13. The van der Waals surface area contributed by atoms with Crippen molar-refractivity contribution in [3.8, 4) is 16.9 Å². The van der Waals surface area contributed by atoms with Crippen LogP contribution in [-0.4, -0.2) is 35.2 Å². The van der Waals surface area contributed by atoms with Crippen molar-refractivity contribution >= 4 is 17.7 Å². The maximum atomic E-state index is 12.4. The summed E-state index contributed by atoms with van der Waals surface area (Å²) in [5.74, 6) is 0.119. The van der Waals surface area contributed by atoms with Gasteiger partial charge in [0.05, 0.1) is 7.11 Å². The number of benzene rings is 1. The molecule has 2 aromatic rings. The molecule has 2 atom stereocenters. The van der Waals surface area contributed by atoms with E-state index in [-0.39, 0.29) is 17.9 Å². The number of carbonyl (C=O) groups is 2. The van der Waals surface area contributed by atoms with E-state index in [1.807, 2.05) is 24.3 Å². The van der Waals surface area contributed by atoms with Gasteiger partial charge in [0.25, 0.3) is 0 Å². The molecule has 7 heteroatoms. The van der Waals surface area contributed by atoms with E-state index < -0.39 is 6.09 Å². The second-order valence-electron chi connectivity index (χ2n) is 6.13. The average Bonchev–Trinajstić information content (AvgIpc) is 2.61. The van der Waals surface area contributed by atoms with E-state index in [1.165, 1.54) is 0 Å². The zero-order chi connectivity index (χ0) is 19.1. The lowest BCUT2D eigenvalue weighted by Crippen LogP contribution is -2.34. The SMILES string of the molecule is COc1cc(NC(=O)C(C)CC(C)NC(=O)O)ccc1-c1ccncc1. The zero-order valence-electron chi connectivity index (χ0n) is 15.0. The number of nitrogens with zero attached hydrogens (tertiary/aromatic N) is 1. The maximum Gasteiger partial charge on any atom is 0.404 e. The van der Waals surface area contributed by atoms with Crippen molar-refractivity contribution in [1.29, 1.82) is 0 Å². The number of aromatic nitrogens is 1. The highest BCUT2D eigenvalue weighted by atomic mass is 16.5. The van der Waals surface area contributed by atoms with Crippen molar-refractivity contribution in [2.24, 2.45) is 5.92 Å². The van der Waals surface area contributed by atoms with Gasteiger partial charge in [-0.05, 0) is 43.2 Å². The summed E-state index contributed by atoms with van der Waals surface area (Å²) < 4.78 is 5.44. The summed E-state index contributed by atoms with van der Waals surface area (Å²) in [6, 6.07) is 8.91. The van der Waals surface area contributed by atoms with Crippen LogP contribution in [0.3, 0.4) is 0 Å². The molecule has 138 valence electrons. The van der Waals surface area contributed by atoms with Crippen LogP contribution in [0.1, 0.15) is 20.3 Å². The van der Waals surface area contributed by atoms with Crippen LogP contribution in [0.25, 0.3) is 11.1 Å². The Kier molecular flexibility index (Phi) is 6.54. The molecule has 0 saturated carbocycles. The maximum absolute atomic E-state index is 12.4. The molecular formula is C19H23N3O4. The summed E-state index contributed by atoms with van der Waals surface area (Å²) in [4.78, 5) is 27.0. The Hall–Kier alpha value is -3.09. The summed E-state index contributed by atoms with van der Waals surface area (Å²) >= 11 is 0. The average molecular weight is 357 g/mol. The summed E-state index contributed by atoms with van der Waals surface area (Å²) in [6.07, 6.45) is 2.72. The topological polar surface area (TPSA) is 101 Å². The first-order valence-corrected chi connectivity index (χ1v) is 8.29. The highest BCUT2D eigenvalue weighted by Crippen LogP contribution is 2.32. The summed E-state index contributed by atoms with van der Waals surface area (Å²) in [7, 11) is 1.58. The Balaban J connectivity index is 2.07. The van der Waals surface area contributed by atoms with E-state index >= 15 is 0 Å². The van der Waals surface area contributed by atoms with Crippen LogP contribution < -0.4 is 15.4 Å². The molecule has 0 saturated heterocycles. The number of nitrogens with one attached hydrogen (secondary N) is 2. The number of amides is 2. The molecule has 1 aromatic heterocycles. The summed E-state index contributed by atoms with van der Waals surface area (Å²) in [5, 5.41) is 13.9. The molecule has 0 spiro atoms. The minimum Gasteiger partial charge on any atom is -0.496 e. The molecule has 0 aliphatic carbocycles. The van der Waals surface area contributed by atoms with E-state index in [0.717, 1.165) is 11.1 Å². The van der Waals surface area contributed by atoms with Crippen LogP contribution in [0.4, 0.5) is 10.5 Å². The van der Waals surface area contributed by atoms with Crippen molar-refractivity contribution in [3.63, 3.8) is 0 Å². The summed E-state index contributed by atoms with van der Waals surface area (Å²) in [5.41, 5.74) is 2.49. The monoisotopic (exact) mass is 357 g/mol. The van der Waals surface area contributed by atoms with Gasteiger partial charge < -0.3 is 20.5 Å². The van der Waals surface area contributed by atoms with E-state index in [9.17, 15) is 9.59 Å². The molecule has 0 radical (unpaired) electrons. The predicted molar refractivity (Wildman–Crippen MR) is 99.3 cm³/mol. The number of rotatable bonds is 7. The van der Waals surface area contributed by atoms with E-state index in [1.54, 1.807) is 39.4 Å². The molecule has 2 rings (SSSR count). The normalized spacial score (nSPS) is 12.7. The van der Waals surface area contributed by atoms with Gasteiger partial charge in [-0.15, -0.1) is 0 Å². The molecule has 26 heavy (non-hydrogen) atoms. The highest BCUT2D eigenvalue weighted by Gasteiger charge is 2.18. The van der Waals surface area contributed by atoms with Gasteiger partial charge in [-0.1, -0.05) is 6.92 Å². The van der Waals surface area contributed by atoms with Gasteiger partial charge in [-0.3, -0.25) is 9.78 Å². The van der Waals surface area contributed by atoms with Gasteiger partial charge in [0.1, 0.15) is 5.75 Å². The number of hydrogen-bond acceptors (Lipinski definition) is 4. The van der Waals surface area contributed by atoms with E-state index in [0.29, 0.717) is 17.9 Å². The zero-order valence-corrected chi connectivity index (χ0v) is 15.0. The third-order valence-electron chi connectivity index (χ3n) is 3.98. The Morgan fingerprint density at radius 3 is 2.50 bits per heavy atom. The molecule has 2 unspecified atom stereocenters. The van der Waals surface area contributed by atoms with Crippen LogP contribution >= 0.6 is 0 Å². The fourth-order valence-electron chi connectivity index (χ4n) is 2.71. The third-order valence-corrected chi connectivity index (χ3v) is 3.98. The molecule has 0 bridgehead atoms. The molecule has 0 fully saturated rings. The quantitative estimate of drug-likeness (QED) is 0.705. The van der Waals surface area contributed by atoms with E-state index in [4.69, 9.17) is 9.84 Å². The minimum absolute atomic E-state index is 0.178. The largest absolute Gasteiger partial charge is 0.496 e. The number of ether oxygens (including phenoxy) is 1. The molecular weight excluding hydrogens is 334 g/mol. The van der Waals surface area contributed by atoms with Crippen molar-refractivity contribution in [2.75, 3.05) is 12.4 Å². The molecule has 3 N–H and O–H groups in total. The second kappa shape index (κ2) is 8.84. The number of carbonyl (C=O) groups excluding carboxylic acids is 1. The van der Waals surface area contributed by atoms with Crippen LogP contribution in [0.2, 0.25) is 0 Å². The Bertz CT molecular complexity index is 765. The lowest BCUT2D eigenvalue weighted by Gasteiger charge is -2.18. The fraction of sp³-hybridized carbons (Fsp3) is 0.316. The molecule has 0 aliphatic rings. The fourth-order valence-corrected chi connectivity index (χ4v) is 2.71. The first kappa shape index (κ1) is 19.2. The lowest BCUT2D eigenvalue weighted by molar-refractivity contribution is -0.119. The number of hydrogen-bond donors (Lipinski definition) is 3. The van der Waals surface area contributed by atoms with Gasteiger partial charge in [0.15, 0.2) is 0 Å². The van der Waals surface area contributed by atoms with Crippen molar-refractivity contribution in [2.45, 2.75) is 26.3 Å². The predicted octanol–water partition coefficient (Wildman–Crippen LogP) is 3.38. The van der Waals surface area contributed by atoms with E-state index in [2.05, 4.69) is 15.6 Å². The molecule has 1 aromatic carbocycles. The first-order chi connectivity index (χ1) is 12.4. The number of carboxylic acid groups (broad SMARTS) is 1. The Labute approximate surface area is 152 Å². The van der Waals surface area contributed by atoms with Crippen molar-refractivity contribution in [3.05, 3.63) is 42.7 Å². The Morgan fingerprint density at radius 1 is 1.19 bits per heavy atom. The number of methoxy groups -OCH3 is 1. The molecule has 2 amide bonds. The summed E-state index contributed by atoms with van der Waals surface area (Å²) in [6.45, 7) is 3.49. The van der Waals surface area contributed by atoms with Crippen molar-refractivity contribution < 1.29 is 19.4 Å². The van der Waals surface area contributed by atoms with Gasteiger partial charge in [0.2, 0.25) is 5.91 Å². The minimum atomic E-state index is -1.10. The van der Waals surface area contributed by atoms with Crippen molar-refractivity contribution in [1.82, 2.24) is 10.3 Å². The van der Waals surface area contributed by atoms with Gasteiger partial charge in [-0.2, -0.15) is 0 Å². The van der Waals surface area contributed by atoms with Crippen LogP contribution in [-0.2, 0) is 4.79 Å². The van der Waals surface area contributed by atoms with Gasteiger partial charge in [-0.25, -0.2) is 4.79 Å². The standard InChI is InChI=1S/C19H23N3O4/c1-12(10-13(2)21-19(24)25)18(23)22-15-4-5-16(17(11-15)26-3)14-6-8-20-9-7-14/h4-9,11-13,21H,10H2,1-3H3,(H,22,23)(H,24,25). The smallest absolute Gasteiger partial charge is 0.404 e. The van der Waals surface area contributed by atoms with Crippen LogP contribution in [0.5, 0.6) is 5.75 Å². The molecule has 1 heterocycles. The third kappa shape index (κ3) is 5.20. The van der Waals surface area contributed by atoms with Crippen LogP contribution in [0, 0.1) is 5.92 Å². The molecule has 7 nitrogen and oxygen atoms in total. The van der Waals surface area contributed by atoms with Gasteiger partial charge in [0, 0.05) is 41.7 Å². The highest BCUT2D eigenvalue weighted by molar-refractivity contribution is 5.93. The Morgan fingerprint density at radius 2 is 1.88 bits per heavy atom. The number of pyridine rings is 1. The number of anilines is 1. The van der Waals surface area contributed by atoms with Crippen LogP contribution in [0.15, 0.2) is 42.7 Å².